The lowest BCUT2D eigenvalue weighted by molar-refractivity contribution is 0.572. The van der Waals surface area contributed by atoms with Crippen molar-refractivity contribution in [3.63, 3.8) is 0 Å². The molecule has 4 heteroatoms. The highest BCUT2D eigenvalue weighted by atomic mass is 16.3. The first kappa shape index (κ1) is 41.2. The quantitative estimate of drug-likeness (QED) is 0.150. The molecule has 0 aliphatic carbocycles. The Morgan fingerprint density at radius 2 is 0.879 bits per heavy atom. The van der Waals surface area contributed by atoms with Gasteiger partial charge < -0.3 is 18.6 Å². The van der Waals surface area contributed by atoms with Gasteiger partial charge in [0.05, 0.1) is 17.1 Å². The van der Waals surface area contributed by atoms with E-state index in [0.717, 1.165) is 116 Å². The van der Waals surface area contributed by atoms with Crippen molar-refractivity contribution in [2.75, 3.05) is 9.80 Å². The molecular formula is C62H54N2O2. The van der Waals surface area contributed by atoms with Gasteiger partial charge in [0.25, 0.3) is 0 Å². The average molecular weight is 859 g/mol. The minimum atomic E-state index is -0.0942. The number of rotatable bonds is 7. The van der Waals surface area contributed by atoms with Crippen LogP contribution >= 0.6 is 0 Å². The Kier molecular flexibility index (Phi) is 9.53. The summed E-state index contributed by atoms with van der Waals surface area (Å²) in [6, 6.07) is 59.3. The number of benzene rings is 9. The third kappa shape index (κ3) is 6.49. The summed E-state index contributed by atoms with van der Waals surface area (Å²) in [7, 11) is 0. The van der Waals surface area contributed by atoms with Crippen LogP contribution in [0, 0.1) is 13.8 Å². The summed E-state index contributed by atoms with van der Waals surface area (Å²) in [5, 5.41) is 8.97. The van der Waals surface area contributed by atoms with E-state index in [4.69, 9.17) is 8.83 Å². The fourth-order valence-corrected chi connectivity index (χ4v) is 10.2. The first-order valence-corrected chi connectivity index (χ1v) is 23.0. The Balaban J connectivity index is 1.18. The summed E-state index contributed by atoms with van der Waals surface area (Å²) in [6.07, 6.45) is 1.99. The van der Waals surface area contributed by atoms with Crippen molar-refractivity contribution in [3.8, 4) is 0 Å². The number of hydrogen-bond donors (Lipinski definition) is 0. The molecule has 0 amide bonds. The normalized spacial score (nSPS) is 12.3. The molecule has 324 valence electrons. The van der Waals surface area contributed by atoms with Crippen LogP contribution in [-0.2, 0) is 10.8 Å². The van der Waals surface area contributed by atoms with Crippen molar-refractivity contribution in [1.82, 2.24) is 0 Å². The van der Waals surface area contributed by atoms with Crippen molar-refractivity contribution < 1.29 is 8.83 Å². The number of furan rings is 2. The molecular weight excluding hydrogens is 805 g/mol. The maximum atomic E-state index is 7.07. The van der Waals surface area contributed by atoms with Crippen molar-refractivity contribution in [1.29, 1.82) is 0 Å². The maximum Gasteiger partial charge on any atom is 0.159 e. The van der Waals surface area contributed by atoms with Crippen LogP contribution in [0.2, 0.25) is 0 Å². The van der Waals surface area contributed by atoms with Gasteiger partial charge >= 0.3 is 0 Å². The van der Waals surface area contributed by atoms with Crippen LogP contribution in [0.4, 0.5) is 34.1 Å². The molecule has 0 atom stereocenters. The molecule has 0 fully saturated rings. The van der Waals surface area contributed by atoms with Gasteiger partial charge in [0.15, 0.2) is 11.2 Å². The van der Waals surface area contributed by atoms with Crippen molar-refractivity contribution in [3.05, 3.63) is 198 Å². The van der Waals surface area contributed by atoms with Crippen molar-refractivity contribution in [2.24, 2.45) is 0 Å². The number of nitrogens with zero attached hydrogens (tertiary/aromatic N) is 2. The SMILES string of the molecule is C=Cc1ccc(N(c2ccccc2C)c2cccc3c2oc2c(C(C)(C)C)cccc23)c2ccc3ccc(N(c4ccccc4C)c4cccc5c4oc4c(C(C)(C)C)cccc45)cc3c12. The van der Waals surface area contributed by atoms with E-state index in [9.17, 15) is 0 Å². The van der Waals surface area contributed by atoms with E-state index in [0.29, 0.717) is 0 Å². The molecule has 0 bridgehead atoms. The van der Waals surface area contributed by atoms with Gasteiger partial charge in [-0.05, 0) is 100.0 Å². The third-order valence-electron chi connectivity index (χ3n) is 13.5. The molecule has 0 aliphatic rings. The van der Waals surface area contributed by atoms with Gasteiger partial charge in [-0.25, -0.2) is 0 Å². The second kappa shape index (κ2) is 15.3. The van der Waals surface area contributed by atoms with E-state index in [1.54, 1.807) is 0 Å². The molecule has 0 N–H and O–H groups in total. The number of anilines is 6. The standard InChI is InChI=1S/C62H54N2O2/c1-10-40-33-36-53(64(52-28-14-12-20-39(52)3)55-30-18-24-46-44-22-16-26-50(62(7,8)9)58(44)66-60(46)55)47-35-32-41-31-34-42(37-48(41)56(40)47)63(51-27-13-11-19-38(51)2)54-29-17-23-45-43-21-15-25-49(61(4,5)6)57(43)65-59(45)54/h10-37H,1H2,2-9H3. The summed E-state index contributed by atoms with van der Waals surface area (Å²) in [4.78, 5) is 4.77. The molecule has 2 heterocycles. The van der Waals surface area contributed by atoms with E-state index in [1.165, 1.54) is 11.1 Å². The summed E-state index contributed by atoms with van der Waals surface area (Å²) >= 11 is 0. The van der Waals surface area contributed by atoms with Crippen LogP contribution in [0.15, 0.2) is 179 Å². The van der Waals surface area contributed by atoms with E-state index in [1.807, 2.05) is 6.08 Å². The molecule has 4 nitrogen and oxygen atoms in total. The summed E-state index contributed by atoms with van der Waals surface area (Å²) in [5.41, 5.74) is 15.4. The van der Waals surface area contributed by atoms with Gasteiger partial charge in [-0.15, -0.1) is 0 Å². The van der Waals surface area contributed by atoms with Crippen molar-refractivity contribution in [2.45, 2.75) is 66.2 Å². The lowest BCUT2D eigenvalue weighted by Gasteiger charge is -2.29. The largest absolute Gasteiger partial charge is 0.454 e. The summed E-state index contributed by atoms with van der Waals surface area (Å²) in [6.45, 7) is 22.3. The minimum Gasteiger partial charge on any atom is -0.454 e. The van der Waals surface area contributed by atoms with Gasteiger partial charge in [0.1, 0.15) is 11.2 Å². The van der Waals surface area contributed by atoms with Crippen molar-refractivity contribution >= 4 is 106 Å². The molecule has 9 aromatic carbocycles. The van der Waals surface area contributed by atoms with E-state index >= 15 is 0 Å². The van der Waals surface area contributed by atoms with E-state index < -0.39 is 0 Å². The summed E-state index contributed by atoms with van der Waals surface area (Å²) < 4.78 is 14.1. The second-order valence-electron chi connectivity index (χ2n) is 19.9. The fourth-order valence-electron chi connectivity index (χ4n) is 10.2. The number of aryl methyl sites for hydroxylation is 2. The average Bonchev–Trinajstić information content (AvgIpc) is 3.89. The molecule has 0 spiro atoms. The van der Waals surface area contributed by atoms with Crippen LogP contribution in [0.1, 0.15) is 69.4 Å². The number of para-hydroxylation sites is 6. The molecule has 2 aromatic heterocycles. The molecule has 0 unspecified atom stereocenters. The van der Waals surface area contributed by atoms with Crippen LogP contribution in [-0.4, -0.2) is 0 Å². The molecule has 0 saturated carbocycles. The lowest BCUT2D eigenvalue weighted by atomic mass is 9.86. The first-order valence-electron chi connectivity index (χ1n) is 23.0. The molecule has 66 heavy (non-hydrogen) atoms. The minimum absolute atomic E-state index is 0.0898. The zero-order chi connectivity index (χ0) is 45.6. The highest BCUT2D eigenvalue weighted by Gasteiger charge is 2.28. The predicted molar refractivity (Wildman–Crippen MR) is 282 cm³/mol. The Morgan fingerprint density at radius 3 is 1.41 bits per heavy atom. The Morgan fingerprint density at radius 1 is 0.409 bits per heavy atom. The highest BCUT2D eigenvalue weighted by Crippen LogP contribution is 2.50. The molecule has 0 aliphatic heterocycles. The zero-order valence-corrected chi connectivity index (χ0v) is 39.1. The Bertz CT molecular complexity index is 3740. The zero-order valence-electron chi connectivity index (χ0n) is 39.1. The number of fused-ring (bicyclic) bond motifs is 9. The fraction of sp³-hybridized carbons (Fsp3) is 0.161. The predicted octanol–water partition coefficient (Wildman–Crippen LogP) is 18.6. The lowest BCUT2D eigenvalue weighted by Crippen LogP contribution is -2.12. The van der Waals surface area contributed by atoms with Crippen LogP contribution in [0.3, 0.4) is 0 Å². The smallest absolute Gasteiger partial charge is 0.159 e. The Hall–Kier alpha value is -7.56. The molecule has 11 aromatic rings. The van der Waals surface area contributed by atoms with Gasteiger partial charge in [0, 0.05) is 55.1 Å². The van der Waals surface area contributed by atoms with E-state index in [2.05, 4.69) is 236 Å². The van der Waals surface area contributed by atoms with Gasteiger partial charge in [0.2, 0.25) is 0 Å². The van der Waals surface area contributed by atoms with Crippen LogP contribution in [0.5, 0.6) is 0 Å². The second-order valence-corrected chi connectivity index (χ2v) is 19.9. The molecule has 0 radical (unpaired) electrons. The van der Waals surface area contributed by atoms with Gasteiger partial charge in [-0.2, -0.15) is 0 Å². The van der Waals surface area contributed by atoms with Crippen LogP contribution in [0.25, 0.3) is 71.5 Å². The highest BCUT2D eigenvalue weighted by molar-refractivity contribution is 6.19. The van der Waals surface area contributed by atoms with Gasteiger partial charge in [-0.3, -0.25) is 0 Å². The molecule has 11 rings (SSSR count). The van der Waals surface area contributed by atoms with Crippen LogP contribution < -0.4 is 9.80 Å². The molecule has 0 saturated heterocycles. The third-order valence-corrected chi connectivity index (χ3v) is 13.5. The van der Waals surface area contributed by atoms with E-state index in [-0.39, 0.29) is 10.8 Å². The topological polar surface area (TPSA) is 32.8 Å². The summed E-state index contributed by atoms with van der Waals surface area (Å²) in [5.74, 6) is 0. The number of hydrogen-bond acceptors (Lipinski definition) is 4. The first-order chi connectivity index (χ1) is 31.8. The van der Waals surface area contributed by atoms with Gasteiger partial charge in [-0.1, -0.05) is 176 Å². The monoisotopic (exact) mass is 858 g/mol. The maximum absolute atomic E-state index is 7.07. The Labute approximate surface area is 387 Å².